The lowest BCUT2D eigenvalue weighted by atomic mass is 10.1. The van der Waals surface area contributed by atoms with Crippen molar-refractivity contribution in [2.75, 3.05) is 6.61 Å². The van der Waals surface area contributed by atoms with Crippen molar-refractivity contribution in [2.45, 2.75) is 85.0 Å². The van der Waals surface area contributed by atoms with E-state index >= 15 is 4.39 Å². The van der Waals surface area contributed by atoms with E-state index < -0.39 is 29.3 Å². The zero-order valence-corrected chi connectivity index (χ0v) is 26.6. The van der Waals surface area contributed by atoms with E-state index in [0.717, 1.165) is 5.56 Å². The molecule has 1 saturated heterocycles. The summed E-state index contributed by atoms with van der Waals surface area (Å²) in [5.41, 5.74) is -0.503. The lowest BCUT2D eigenvalue weighted by Crippen LogP contribution is -2.52. The minimum absolute atomic E-state index is 0.0128. The summed E-state index contributed by atoms with van der Waals surface area (Å²) in [6.45, 7) is 14.6. The maximum atomic E-state index is 15.3. The van der Waals surface area contributed by atoms with Crippen molar-refractivity contribution in [3.05, 3.63) is 46.2 Å². The first-order valence-electron chi connectivity index (χ1n) is 13.2. The van der Waals surface area contributed by atoms with Crippen LogP contribution in [0, 0.1) is 5.82 Å². The van der Waals surface area contributed by atoms with Crippen LogP contribution < -0.4 is 9.47 Å². The highest BCUT2D eigenvalue weighted by atomic mass is 35.5. The van der Waals surface area contributed by atoms with Gasteiger partial charge in [-0.3, -0.25) is 4.90 Å². The summed E-state index contributed by atoms with van der Waals surface area (Å²) in [5.74, 6) is -0.113. The summed E-state index contributed by atoms with van der Waals surface area (Å²) >= 11 is 14.2. The van der Waals surface area contributed by atoms with Crippen LogP contribution >= 0.6 is 34.5 Å². The van der Waals surface area contributed by atoms with Crippen LogP contribution in [0.25, 0.3) is 21.1 Å². The molecule has 3 aromatic rings. The summed E-state index contributed by atoms with van der Waals surface area (Å²) in [6, 6.07) is 7.50. The standard InChI is InChI=1S/C29H34Cl2FN3O5S/c1-15(2)38-23-10-9-17(11-20(23)31)25-33-34-26(41-25)18-12-21(32)24(13-19(18)30)37-14-22-16(3)39-29(7,8)35(22)27(36)40-28(4,5)6/h9-13,15-16,22H,14H2,1-8H3/t16?,22-/m1/s1. The molecule has 1 fully saturated rings. The highest BCUT2D eigenvalue weighted by Gasteiger charge is 2.50. The lowest BCUT2D eigenvalue weighted by molar-refractivity contribution is -0.0760. The molecule has 1 unspecified atom stereocenters. The normalized spacial score (nSPS) is 18.6. The first-order valence-corrected chi connectivity index (χ1v) is 14.8. The monoisotopic (exact) mass is 625 g/mol. The molecule has 0 saturated carbocycles. The fourth-order valence-electron chi connectivity index (χ4n) is 4.49. The van der Waals surface area contributed by atoms with Gasteiger partial charge >= 0.3 is 6.09 Å². The topological polar surface area (TPSA) is 83.0 Å². The van der Waals surface area contributed by atoms with Crippen LogP contribution in [0.4, 0.5) is 9.18 Å². The zero-order chi connectivity index (χ0) is 30.3. The molecule has 41 heavy (non-hydrogen) atoms. The number of rotatable bonds is 7. The van der Waals surface area contributed by atoms with Gasteiger partial charge < -0.3 is 18.9 Å². The van der Waals surface area contributed by atoms with E-state index in [0.29, 0.717) is 26.4 Å². The van der Waals surface area contributed by atoms with Crippen molar-refractivity contribution in [1.82, 2.24) is 15.1 Å². The molecule has 8 nitrogen and oxygen atoms in total. The number of hydrogen-bond donors (Lipinski definition) is 0. The Morgan fingerprint density at radius 3 is 2.44 bits per heavy atom. The quantitative estimate of drug-likeness (QED) is 0.261. The van der Waals surface area contributed by atoms with Gasteiger partial charge in [-0.25, -0.2) is 9.18 Å². The third-order valence-electron chi connectivity index (χ3n) is 6.15. The molecule has 1 aliphatic heterocycles. The largest absolute Gasteiger partial charge is 0.489 e. The van der Waals surface area contributed by atoms with Crippen LogP contribution in [-0.4, -0.2) is 57.4 Å². The summed E-state index contributed by atoms with van der Waals surface area (Å²) in [4.78, 5) is 14.5. The Morgan fingerprint density at radius 1 is 1.12 bits per heavy atom. The summed E-state index contributed by atoms with van der Waals surface area (Å²) in [5, 5.41) is 10.2. The van der Waals surface area contributed by atoms with Gasteiger partial charge in [0.2, 0.25) is 0 Å². The van der Waals surface area contributed by atoms with Crippen molar-refractivity contribution < 1.29 is 28.1 Å². The SMILES string of the molecule is CC(C)Oc1ccc(-c2nnc(-c3cc(F)c(OC[C@@H]4C(C)OC(C)(C)N4C(=O)OC(C)(C)C)cc3Cl)s2)cc1Cl. The molecular weight excluding hydrogens is 592 g/mol. The Bertz CT molecular complexity index is 1430. The van der Waals surface area contributed by atoms with Crippen LogP contribution in [-0.2, 0) is 9.47 Å². The summed E-state index contributed by atoms with van der Waals surface area (Å²) < 4.78 is 38.4. The van der Waals surface area contributed by atoms with Gasteiger partial charge in [0.1, 0.15) is 33.7 Å². The molecule has 1 aromatic heterocycles. The molecule has 0 spiro atoms. The number of benzene rings is 2. The van der Waals surface area contributed by atoms with Crippen molar-refractivity contribution >= 4 is 40.6 Å². The number of halogens is 3. The van der Waals surface area contributed by atoms with Crippen LogP contribution in [0.2, 0.25) is 10.0 Å². The van der Waals surface area contributed by atoms with Crippen molar-refractivity contribution in [1.29, 1.82) is 0 Å². The maximum absolute atomic E-state index is 15.3. The Hall–Kier alpha value is -2.66. The van der Waals surface area contributed by atoms with E-state index in [1.54, 1.807) is 46.8 Å². The maximum Gasteiger partial charge on any atom is 0.413 e. The Balaban J connectivity index is 1.51. The molecule has 0 N–H and O–H groups in total. The van der Waals surface area contributed by atoms with Gasteiger partial charge in [-0.2, -0.15) is 0 Å². The molecule has 0 bridgehead atoms. The molecule has 4 rings (SSSR count). The average Bonchev–Trinajstić information content (AvgIpc) is 3.41. The predicted octanol–water partition coefficient (Wildman–Crippen LogP) is 8.24. The smallest absolute Gasteiger partial charge is 0.413 e. The van der Waals surface area contributed by atoms with Gasteiger partial charge in [0.15, 0.2) is 11.6 Å². The third-order valence-corrected chi connectivity index (χ3v) is 7.76. The number of carbonyl (C=O) groups is 1. The van der Waals surface area contributed by atoms with E-state index in [1.165, 1.54) is 28.4 Å². The third kappa shape index (κ3) is 7.23. The second-order valence-corrected chi connectivity index (χ2v) is 13.3. The average molecular weight is 627 g/mol. The van der Waals surface area contributed by atoms with Gasteiger partial charge in [0.25, 0.3) is 0 Å². The molecule has 2 aromatic carbocycles. The van der Waals surface area contributed by atoms with Crippen molar-refractivity contribution in [3.8, 4) is 32.6 Å². The fourth-order valence-corrected chi connectivity index (χ4v) is 5.88. The number of ether oxygens (including phenoxy) is 4. The van der Waals surface area contributed by atoms with Gasteiger partial charge in [-0.15, -0.1) is 10.2 Å². The number of aromatic nitrogens is 2. The Labute approximate surface area is 253 Å². The molecule has 2 atom stereocenters. The zero-order valence-electron chi connectivity index (χ0n) is 24.3. The highest BCUT2D eigenvalue weighted by molar-refractivity contribution is 7.18. The van der Waals surface area contributed by atoms with E-state index in [4.69, 9.17) is 42.1 Å². The molecular formula is C29H34Cl2FN3O5S. The van der Waals surface area contributed by atoms with Crippen molar-refractivity contribution in [2.24, 2.45) is 0 Å². The van der Waals surface area contributed by atoms with Gasteiger partial charge in [-0.05, 0) is 79.7 Å². The second-order valence-electron chi connectivity index (χ2n) is 11.5. The summed E-state index contributed by atoms with van der Waals surface area (Å²) in [7, 11) is 0. The molecule has 0 aliphatic carbocycles. The Kier molecular flexibility index (Phi) is 9.09. The lowest BCUT2D eigenvalue weighted by Gasteiger charge is -2.35. The minimum Gasteiger partial charge on any atom is -0.489 e. The fraction of sp³-hybridized carbons (Fsp3) is 0.483. The van der Waals surface area contributed by atoms with E-state index in [1.807, 2.05) is 26.8 Å². The Morgan fingerprint density at radius 2 is 1.80 bits per heavy atom. The molecule has 222 valence electrons. The molecule has 0 radical (unpaired) electrons. The van der Waals surface area contributed by atoms with Gasteiger partial charge in [0, 0.05) is 17.2 Å². The minimum atomic E-state index is -0.933. The van der Waals surface area contributed by atoms with E-state index in [2.05, 4.69) is 10.2 Å². The molecule has 1 aliphatic rings. The van der Waals surface area contributed by atoms with Crippen LogP contribution in [0.15, 0.2) is 30.3 Å². The molecule has 12 heteroatoms. The molecule has 2 heterocycles. The number of amides is 1. The van der Waals surface area contributed by atoms with Crippen molar-refractivity contribution in [3.63, 3.8) is 0 Å². The van der Waals surface area contributed by atoms with Gasteiger partial charge in [-0.1, -0.05) is 34.5 Å². The second kappa shape index (κ2) is 11.9. The number of nitrogens with zero attached hydrogens (tertiary/aromatic N) is 3. The first-order chi connectivity index (χ1) is 19.1. The first kappa shape index (κ1) is 31.3. The van der Waals surface area contributed by atoms with E-state index in [9.17, 15) is 4.79 Å². The van der Waals surface area contributed by atoms with E-state index in [-0.39, 0.29) is 29.6 Å². The van der Waals surface area contributed by atoms with Gasteiger partial charge in [0.05, 0.1) is 28.3 Å². The van der Waals surface area contributed by atoms with Crippen LogP contribution in [0.5, 0.6) is 11.5 Å². The summed E-state index contributed by atoms with van der Waals surface area (Å²) in [6.07, 6.45) is -0.930. The number of carbonyl (C=O) groups excluding carboxylic acids is 1. The predicted molar refractivity (Wildman–Crippen MR) is 159 cm³/mol. The highest BCUT2D eigenvalue weighted by Crippen LogP contribution is 2.39. The number of hydrogen-bond acceptors (Lipinski definition) is 8. The van der Waals surface area contributed by atoms with Crippen LogP contribution in [0.1, 0.15) is 55.4 Å². The molecule has 1 amide bonds. The van der Waals surface area contributed by atoms with Crippen LogP contribution in [0.3, 0.4) is 0 Å².